The van der Waals surface area contributed by atoms with E-state index in [1.165, 1.54) is 10.4 Å². The lowest BCUT2D eigenvalue weighted by atomic mass is 10.1. The molecule has 2 heterocycles. The Hall–Kier alpha value is -0.780. The Kier molecular flexibility index (Phi) is 4.04. The van der Waals surface area contributed by atoms with Gasteiger partial charge in [-0.15, -0.1) is 11.3 Å². The number of aromatic nitrogens is 2. The summed E-state index contributed by atoms with van der Waals surface area (Å²) in [6.45, 7) is 0. The maximum absolute atomic E-state index is 3.90. The fourth-order valence-corrected chi connectivity index (χ4v) is 3.05. The van der Waals surface area contributed by atoms with E-state index in [-0.39, 0.29) is 0 Å². The van der Waals surface area contributed by atoms with Gasteiger partial charge >= 0.3 is 0 Å². The standard InChI is InChI=1S/C11H12BrN3S/c1-13-11(8-2-3-14-15-6-8)5-10-4-9(12)7-16-10/h2-4,6-7,11,13H,5H2,1H3. The molecule has 0 spiro atoms. The van der Waals surface area contributed by atoms with Crippen molar-refractivity contribution < 1.29 is 0 Å². The molecule has 1 N–H and O–H groups in total. The molecule has 0 aliphatic heterocycles. The second-order valence-electron chi connectivity index (χ2n) is 3.45. The number of nitrogens with one attached hydrogen (secondary N) is 1. The second kappa shape index (κ2) is 5.52. The van der Waals surface area contributed by atoms with Gasteiger partial charge in [0.15, 0.2) is 0 Å². The van der Waals surface area contributed by atoms with Crippen LogP contribution in [0, 0.1) is 0 Å². The van der Waals surface area contributed by atoms with Gasteiger partial charge in [-0.3, -0.25) is 0 Å². The molecule has 84 valence electrons. The summed E-state index contributed by atoms with van der Waals surface area (Å²) >= 11 is 5.23. The number of hydrogen-bond donors (Lipinski definition) is 1. The van der Waals surface area contributed by atoms with Gasteiger partial charge in [0, 0.05) is 33.4 Å². The molecule has 1 atom stereocenters. The van der Waals surface area contributed by atoms with E-state index in [1.54, 1.807) is 17.5 Å². The molecular formula is C11H12BrN3S. The van der Waals surface area contributed by atoms with E-state index in [1.807, 2.05) is 19.3 Å². The number of thiophene rings is 1. The first kappa shape index (κ1) is 11.7. The van der Waals surface area contributed by atoms with Gasteiger partial charge in [0.1, 0.15) is 0 Å². The van der Waals surface area contributed by atoms with E-state index >= 15 is 0 Å². The van der Waals surface area contributed by atoms with Crippen LogP contribution in [0.1, 0.15) is 16.5 Å². The van der Waals surface area contributed by atoms with Crippen molar-refractivity contribution in [3.05, 3.63) is 44.8 Å². The van der Waals surface area contributed by atoms with E-state index < -0.39 is 0 Å². The van der Waals surface area contributed by atoms with Crippen LogP contribution in [0.2, 0.25) is 0 Å². The molecule has 2 aromatic heterocycles. The van der Waals surface area contributed by atoms with Crippen LogP contribution in [0.25, 0.3) is 0 Å². The van der Waals surface area contributed by atoms with Crippen molar-refractivity contribution in [2.45, 2.75) is 12.5 Å². The SMILES string of the molecule is CNC(Cc1cc(Br)cs1)c1ccnnc1. The van der Waals surface area contributed by atoms with Crippen LogP contribution in [0.15, 0.2) is 34.4 Å². The highest BCUT2D eigenvalue weighted by Crippen LogP contribution is 2.24. The number of halogens is 1. The first-order chi connectivity index (χ1) is 7.79. The first-order valence-electron chi connectivity index (χ1n) is 4.96. The van der Waals surface area contributed by atoms with E-state index in [4.69, 9.17) is 0 Å². The lowest BCUT2D eigenvalue weighted by Crippen LogP contribution is -2.18. The minimum Gasteiger partial charge on any atom is -0.313 e. The van der Waals surface area contributed by atoms with Crippen molar-refractivity contribution in [3.63, 3.8) is 0 Å². The fourth-order valence-electron chi connectivity index (χ4n) is 1.56. The van der Waals surface area contributed by atoms with Crippen LogP contribution >= 0.6 is 27.3 Å². The molecular weight excluding hydrogens is 286 g/mol. The minimum atomic E-state index is 0.293. The summed E-state index contributed by atoms with van der Waals surface area (Å²) in [6.07, 6.45) is 4.51. The molecule has 0 amide bonds. The highest BCUT2D eigenvalue weighted by molar-refractivity contribution is 9.10. The molecule has 0 saturated carbocycles. The van der Waals surface area contributed by atoms with E-state index in [0.29, 0.717) is 6.04 Å². The van der Waals surface area contributed by atoms with Crippen LogP contribution in [0.3, 0.4) is 0 Å². The van der Waals surface area contributed by atoms with Gasteiger partial charge in [-0.25, -0.2) is 0 Å². The lowest BCUT2D eigenvalue weighted by molar-refractivity contribution is 0.592. The summed E-state index contributed by atoms with van der Waals surface area (Å²) in [4.78, 5) is 1.35. The largest absolute Gasteiger partial charge is 0.313 e. The van der Waals surface area contributed by atoms with Gasteiger partial charge < -0.3 is 5.32 Å². The molecule has 0 aromatic carbocycles. The molecule has 0 aliphatic rings. The smallest absolute Gasteiger partial charge is 0.0544 e. The molecule has 0 aliphatic carbocycles. The van der Waals surface area contributed by atoms with Crippen molar-refractivity contribution in [3.8, 4) is 0 Å². The van der Waals surface area contributed by atoms with Gasteiger partial charge in [0.05, 0.1) is 6.20 Å². The van der Waals surface area contributed by atoms with E-state index in [0.717, 1.165) is 10.9 Å². The summed E-state index contributed by atoms with van der Waals surface area (Å²) in [5.74, 6) is 0. The molecule has 0 fully saturated rings. The highest BCUT2D eigenvalue weighted by Gasteiger charge is 2.11. The van der Waals surface area contributed by atoms with Gasteiger partial charge in [0.25, 0.3) is 0 Å². The maximum Gasteiger partial charge on any atom is 0.0544 e. The zero-order valence-electron chi connectivity index (χ0n) is 8.85. The second-order valence-corrected chi connectivity index (χ2v) is 5.36. The Morgan fingerprint density at radius 1 is 1.50 bits per heavy atom. The van der Waals surface area contributed by atoms with Crippen molar-refractivity contribution in [1.82, 2.24) is 15.5 Å². The quantitative estimate of drug-likeness (QED) is 0.943. The fraction of sp³-hybridized carbons (Fsp3) is 0.273. The number of likely N-dealkylation sites (N-methyl/N-ethyl adjacent to an activating group) is 1. The summed E-state index contributed by atoms with van der Waals surface area (Å²) in [5.41, 5.74) is 1.17. The molecule has 0 saturated heterocycles. The Morgan fingerprint density at radius 3 is 2.94 bits per heavy atom. The van der Waals surface area contributed by atoms with Gasteiger partial charge in [0.2, 0.25) is 0 Å². The number of rotatable bonds is 4. The van der Waals surface area contributed by atoms with Gasteiger partial charge in [-0.2, -0.15) is 10.2 Å². The van der Waals surface area contributed by atoms with Gasteiger partial charge in [-0.1, -0.05) is 0 Å². The van der Waals surface area contributed by atoms with Crippen molar-refractivity contribution in [2.75, 3.05) is 7.05 Å². The summed E-state index contributed by atoms with van der Waals surface area (Å²) in [6, 6.07) is 4.45. The molecule has 5 heteroatoms. The molecule has 0 radical (unpaired) electrons. The highest BCUT2D eigenvalue weighted by atomic mass is 79.9. The van der Waals surface area contributed by atoms with Crippen LogP contribution in [-0.2, 0) is 6.42 Å². The average Bonchev–Trinajstić information content (AvgIpc) is 2.73. The Morgan fingerprint density at radius 2 is 2.38 bits per heavy atom. The predicted octanol–water partition coefficient (Wildman–Crippen LogP) is 2.80. The van der Waals surface area contributed by atoms with Crippen molar-refractivity contribution in [1.29, 1.82) is 0 Å². The summed E-state index contributed by atoms with van der Waals surface area (Å²) in [5, 5.41) is 13.1. The first-order valence-corrected chi connectivity index (χ1v) is 6.63. The van der Waals surface area contributed by atoms with Gasteiger partial charge in [-0.05, 0) is 40.7 Å². The maximum atomic E-state index is 3.90. The van der Waals surface area contributed by atoms with Crippen molar-refractivity contribution in [2.24, 2.45) is 0 Å². The Labute approximate surface area is 107 Å². The zero-order chi connectivity index (χ0) is 11.4. The van der Waals surface area contributed by atoms with Crippen molar-refractivity contribution >= 4 is 27.3 Å². The summed E-state index contributed by atoms with van der Waals surface area (Å²) < 4.78 is 1.15. The van der Waals surface area contributed by atoms with Crippen LogP contribution in [0.4, 0.5) is 0 Å². The average molecular weight is 298 g/mol. The topological polar surface area (TPSA) is 37.8 Å². The molecule has 1 unspecified atom stereocenters. The molecule has 0 bridgehead atoms. The molecule has 2 rings (SSSR count). The third-order valence-electron chi connectivity index (χ3n) is 2.39. The number of hydrogen-bond acceptors (Lipinski definition) is 4. The third-order valence-corrected chi connectivity index (χ3v) is 4.10. The molecule has 2 aromatic rings. The Bertz CT molecular complexity index is 444. The molecule has 3 nitrogen and oxygen atoms in total. The predicted molar refractivity (Wildman–Crippen MR) is 69.6 cm³/mol. The Balaban J connectivity index is 2.12. The van der Waals surface area contributed by atoms with E-state index in [9.17, 15) is 0 Å². The third kappa shape index (κ3) is 2.87. The molecule has 16 heavy (non-hydrogen) atoms. The monoisotopic (exact) mass is 297 g/mol. The number of nitrogens with zero attached hydrogens (tertiary/aromatic N) is 2. The zero-order valence-corrected chi connectivity index (χ0v) is 11.3. The van der Waals surface area contributed by atoms with Crippen LogP contribution in [0.5, 0.6) is 0 Å². The lowest BCUT2D eigenvalue weighted by Gasteiger charge is -2.14. The van der Waals surface area contributed by atoms with Crippen LogP contribution < -0.4 is 5.32 Å². The van der Waals surface area contributed by atoms with E-state index in [2.05, 4.69) is 42.9 Å². The normalized spacial score (nSPS) is 12.6. The minimum absolute atomic E-state index is 0.293. The van der Waals surface area contributed by atoms with Crippen LogP contribution in [-0.4, -0.2) is 17.2 Å². The summed E-state index contributed by atoms with van der Waals surface area (Å²) in [7, 11) is 1.97.